The number of imidazole rings is 1. The molecule has 0 aliphatic carbocycles. The minimum absolute atomic E-state index is 0.0817. The molecule has 27 heavy (non-hydrogen) atoms. The van der Waals surface area contributed by atoms with Crippen molar-refractivity contribution in [3.05, 3.63) is 52.4 Å². The number of carbonyl (C=O) groups excluding carboxylic acids is 2. The van der Waals surface area contributed by atoms with Crippen LogP contribution in [0.1, 0.15) is 17.3 Å². The number of phenolic OH excluding ortho intramolecular Hbond substituents is 1. The Morgan fingerprint density at radius 3 is 2.56 bits per heavy atom. The van der Waals surface area contributed by atoms with Crippen molar-refractivity contribution in [2.75, 3.05) is 12.4 Å². The molecular formula is C18H17N3O6. The van der Waals surface area contributed by atoms with Gasteiger partial charge in [-0.2, -0.15) is 0 Å². The number of esters is 1. The third-order valence-corrected chi connectivity index (χ3v) is 3.86. The molecule has 0 fully saturated rings. The van der Waals surface area contributed by atoms with Gasteiger partial charge in [0.05, 0.1) is 18.1 Å². The Bertz CT molecular complexity index is 1070. The fraction of sp³-hybridized carbons (Fsp3) is 0.167. The molecule has 0 bridgehead atoms. The van der Waals surface area contributed by atoms with Crippen molar-refractivity contribution in [3.63, 3.8) is 0 Å². The highest BCUT2D eigenvalue weighted by atomic mass is 16.5. The molecule has 0 spiro atoms. The Kier molecular flexibility index (Phi) is 4.84. The van der Waals surface area contributed by atoms with Crippen molar-refractivity contribution in [2.45, 2.75) is 13.0 Å². The first-order chi connectivity index (χ1) is 12.9. The number of aromatic hydroxyl groups is 1. The monoisotopic (exact) mass is 371 g/mol. The maximum Gasteiger partial charge on any atom is 0.342 e. The molecule has 1 amide bonds. The molecular weight excluding hydrogens is 354 g/mol. The molecule has 0 radical (unpaired) electrons. The molecule has 1 heterocycles. The number of aromatic nitrogens is 2. The van der Waals surface area contributed by atoms with Crippen molar-refractivity contribution >= 4 is 28.6 Å². The summed E-state index contributed by atoms with van der Waals surface area (Å²) >= 11 is 0. The Morgan fingerprint density at radius 2 is 1.85 bits per heavy atom. The molecule has 0 unspecified atom stereocenters. The van der Waals surface area contributed by atoms with E-state index in [1.165, 1.54) is 32.2 Å². The van der Waals surface area contributed by atoms with Gasteiger partial charge in [-0.15, -0.1) is 0 Å². The third-order valence-electron chi connectivity index (χ3n) is 3.86. The summed E-state index contributed by atoms with van der Waals surface area (Å²) in [5.41, 5.74) is 1.13. The highest BCUT2D eigenvalue weighted by molar-refractivity contribution is 5.99. The highest BCUT2D eigenvalue weighted by Gasteiger charge is 2.21. The number of amides is 1. The van der Waals surface area contributed by atoms with E-state index in [9.17, 15) is 19.5 Å². The largest absolute Gasteiger partial charge is 0.507 e. The van der Waals surface area contributed by atoms with Gasteiger partial charge in [0.2, 0.25) is 0 Å². The Hall–Kier alpha value is -3.75. The lowest BCUT2D eigenvalue weighted by Crippen LogP contribution is -2.30. The van der Waals surface area contributed by atoms with Gasteiger partial charge < -0.3 is 29.9 Å². The topological polar surface area (TPSA) is 134 Å². The van der Waals surface area contributed by atoms with Crippen LogP contribution in [0.5, 0.6) is 11.5 Å². The number of carbonyl (C=O) groups is 2. The third kappa shape index (κ3) is 3.92. The summed E-state index contributed by atoms with van der Waals surface area (Å²) in [7, 11) is 1.43. The van der Waals surface area contributed by atoms with E-state index in [0.29, 0.717) is 22.5 Å². The Morgan fingerprint density at radius 1 is 1.11 bits per heavy atom. The van der Waals surface area contributed by atoms with E-state index in [1.807, 2.05) is 0 Å². The zero-order valence-corrected chi connectivity index (χ0v) is 14.5. The number of rotatable bonds is 5. The smallest absolute Gasteiger partial charge is 0.342 e. The maximum absolute atomic E-state index is 12.3. The molecule has 0 saturated heterocycles. The van der Waals surface area contributed by atoms with Gasteiger partial charge in [0.15, 0.2) is 6.10 Å². The molecule has 1 aromatic heterocycles. The van der Waals surface area contributed by atoms with Gasteiger partial charge in [0.1, 0.15) is 17.1 Å². The summed E-state index contributed by atoms with van der Waals surface area (Å²) in [6.07, 6.45) is -1.11. The fourth-order valence-corrected chi connectivity index (χ4v) is 2.44. The van der Waals surface area contributed by atoms with Crippen molar-refractivity contribution in [3.8, 4) is 11.5 Å². The summed E-state index contributed by atoms with van der Waals surface area (Å²) < 4.78 is 10.0. The molecule has 4 N–H and O–H groups in total. The van der Waals surface area contributed by atoms with Gasteiger partial charge in [0.25, 0.3) is 5.91 Å². The van der Waals surface area contributed by atoms with E-state index in [0.717, 1.165) is 0 Å². The number of phenols is 1. The summed E-state index contributed by atoms with van der Waals surface area (Å²) in [4.78, 5) is 40.9. The average Bonchev–Trinajstić information content (AvgIpc) is 3.00. The summed E-state index contributed by atoms with van der Waals surface area (Å²) in [6, 6.07) is 8.93. The van der Waals surface area contributed by atoms with Crippen LogP contribution >= 0.6 is 0 Å². The highest BCUT2D eigenvalue weighted by Crippen LogP contribution is 2.24. The first-order valence-electron chi connectivity index (χ1n) is 7.98. The summed E-state index contributed by atoms with van der Waals surface area (Å²) in [5.74, 6) is -1.33. The molecule has 0 aliphatic rings. The first kappa shape index (κ1) is 18.1. The van der Waals surface area contributed by atoms with E-state index in [1.54, 1.807) is 18.2 Å². The van der Waals surface area contributed by atoms with Crippen LogP contribution in [0, 0.1) is 0 Å². The number of nitrogens with one attached hydrogen (secondary N) is 3. The predicted octanol–water partition coefficient (Wildman–Crippen LogP) is 1.75. The second-order valence-corrected chi connectivity index (χ2v) is 5.76. The van der Waals surface area contributed by atoms with Crippen molar-refractivity contribution in [2.24, 2.45) is 0 Å². The minimum Gasteiger partial charge on any atom is -0.507 e. The van der Waals surface area contributed by atoms with E-state index in [4.69, 9.17) is 9.47 Å². The van der Waals surface area contributed by atoms with Gasteiger partial charge in [-0.25, -0.2) is 9.59 Å². The van der Waals surface area contributed by atoms with Crippen LogP contribution in [0.25, 0.3) is 11.0 Å². The van der Waals surface area contributed by atoms with Crippen LogP contribution in [-0.2, 0) is 9.53 Å². The van der Waals surface area contributed by atoms with Crippen molar-refractivity contribution in [1.82, 2.24) is 9.97 Å². The van der Waals surface area contributed by atoms with Crippen LogP contribution < -0.4 is 15.7 Å². The number of aromatic amines is 2. The van der Waals surface area contributed by atoms with Gasteiger partial charge in [-0.3, -0.25) is 4.79 Å². The maximum atomic E-state index is 12.3. The van der Waals surface area contributed by atoms with E-state index in [2.05, 4.69) is 15.3 Å². The van der Waals surface area contributed by atoms with Gasteiger partial charge >= 0.3 is 11.7 Å². The summed E-state index contributed by atoms with van der Waals surface area (Å²) in [5, 5.41) is 12.5. The molecule has 1 atom stereocenters. The number of hydrogen-bond donors (Lipinski definition) is 4. The van der Waals surface area contributed by atoms with Crippen LogP contribution in [0.4, 0.5) is 5.69 Å². The molecule has 140 valence electrons. The number of ether oxygens (including phenoxy) is 2. The Labute approximate surface area is 152 Å². The van der Waals surface area contributed by atoms with Gasteiger partial charge in [-0.05, 0) is 37.3 Å². The van der Waals surface area contributed by atoms with Crippen LogP contribution in [-0.4, -0.2) is 40.2 Å². The number of hydrogen-bond acceptors (Lipinski definition) is 6. The molecule has 3 aromatic rings. The standard InChI is InChI=1S/C18H17N3O6/c1-9(27-17(24)12-5-4-11(26-2)8-15(12)22)16(23)19-10-3-6-13-14(7-10)21-18(25)20-13/h3-9,22H,1-2H3,(H,19,23)(H2,20,21,25)/t9-/m1/s1. The molecule has 2 aromatic carbocycles. The number of fused-ring (bicyclic) bond motifs is 1. The zero-order valence-electron chi connectivity index (χ0n) is 14.5. The fourth-order valence-electron chi connectivity index (χ4n) is 2.44. The first-order valence-corrected chi connectivity index (χ1v) is 7.98. The second-order valence-electron chi connectivity index (χ2n) is 5.76. The normalized spacial score (nSPS) is 11.8. The number of benzene rings is 2. The lowest BCUT2D eigenvalue weighted by Gasteiger charge is -2.14. The number of H-pyrrole nitrogens is 2. The molecule has 9 heteroatoms. The molecule has 0 aliphatic heterocycles. The lowest BCUT2D eigenvalue weighted by molar-refractivity contribution is -0.123. The number of anilines is 1. The van der Waals surface area contributed by atoms with E-state index in [-0.39, 0.29) is 17.0 Å². The molecule has 9 nitrogen and oxygen atoms in total. The minimum atomic E-state index is -1.11. The Balaban J connectivity index is 1.67. The average molecular weight is 371 g/mol. The molecule has 0 saturated carbocycles. The second kappa shape index (κ2) is 7.24. The lowest BCUT2D eigenvalue weighted by atomic mass is 10.2. The SMILES string of the molecule is COc1ccc(C(=O)O[C@H](C)C(=O)Nc2ccc3[nH]c(=O)[nH]c3c2)c(O)c1. The van der Waals surface area contributed by atoms with Crippen molar-refractivity contribution < 1.29 is 24.2 Å². The summed E-state index contributed by atoms with van der Waals surface area (Å²) in [6.45, 7) is 1.41. The molecule has 3 rings (SSSR count). The van der Waals surface area contributed by atoms with Gasteiger partial charge in [0, 0.05) is 11.8 Å². The van der Waals surface area contributed by atoms with Crippen LogP contribution in [0.2, 0.25) is 0 Å². The quantitative estimate of drug-likeness (QED) is 0.505. The number of methoxy groups -OCH3 is 1. The van der Waals surface area contributed by atoms with E-state index >= 15 is 0 Å². The van der Waals surface area contributed by atoms with Crippen LogP contribution in [0.15, 0.2) is 41.2 Å². The van der Waals surface area contributed by atoms with Crippen LogP contribution in [0.3, 0.4) is 0 Å². The predicted molar refractivity (Wildman–Crippen MR) is 97.1 cm³/mol. The zero-order chi connectivity index (χ0) is 19.6. The van der Waals surface area contributed by atoms with Gasteiger partial charge in [-0.1, -0.05) is 0 Å². The van der Waals surface area contributed by atoms with E-state index < -0.39 is 18.0 Å². The van der Waals surface area contributed by atoms with Crippen molar-refractivity contribution in [1.29, 1.82) is 0 Å².